The number of rotatable bonds is 15. The van der Waals surface area contributed by atoms with Crippen LogP contribution in [0.4, 0.5) is 15.3 Å². The molecule has 15 heteroatoms. The highest BCUT2D eigenvalue weighted by molar-refractivity contribution is 5.87. The number of carbonyl (C=O) groups excluding carboxylic acids is 4. The molecule has 0 unspecified atom stereocenters. The van der Waals surface area contributed by atoms with Gasteiger partial charge in [-0.3, -0.25) is 9.59 Å². The Bertz CT molecular complexity index is 2180. The number of benzene rings is 3. The number of amides is 4. The summed E-state index contributed by atoms with van der Waals surface area (Å²) in [6.45, 7) is 8.49. The maximum atomic E-state index is 13.8. The molecule has 15 nitrogen and oxygen atoms in total. The average molecular weight is 804 g/mol. The molecule has 1 fully saturated rings. The van der Waals surface area contributed by atoms with E-state index in [2.05, 4.69) is 60.2 Å². The molecule has 0 radical (unpaired) electrons. The first kappa shape index (κ1) is 42.0. The minimum Gasteiger partial charge on any atom is -0.453 e. The number of carbonyl (C=O) groups is 4. The number of nitrogens with one attached hydrogen (secondary N) is 5. The molecule has 2 aromatic heterocycles. The number of likely N-dealkylation sites (tertiary alicyclic amines) is 1. The van der Waals surface area contributed by atoms with Crippen LogP contribution in [0.1, 0.15) is 58.2 Å². The maximum Gasteiger partial charge on any atom is 0.407 e. The molecule has 0 saturated carbocycles. The predicted molar refractivity (Wildman–Crippen MR) is 225 cm³/mol. The number of methoxy groups -OCH3 is 2. The van der Waals surface area contributed by atoms with Crippen molar-refractivity contribution < 1.29 is 28.7 Å². The second kappa shape index (κ2) is 19.2. The molecule has 5 N–H and O–H groups in total. The Balaban J connectivity index is 1.11. The smallest absolute Gasteiger partial charge is 0.407 e. The maximum absolute atomic E-state index is 13.8. The molecule has 0 bridgehead atoms. The Hall–Kier alpha value is -6.64. The van der Waals surface area contributed by atoms with Gasteiger partial charge >= 0.3 is 12.2 Å². The lowest BCUT2D eigenvalue weighted by Crippen LogP contribution is -2.52. The van der Waals surface area contributed by atoms with Gasteiger partial charge in [0.2, 0.25) is 11.8 Å². The van der Waals surface area contributed by atoms with E-state index in [1.54, 1.807) is 22.2 Å². The van der Waals surface area contributed by atoms with Crippen molar-refractivity contribution in [1.29, 1.82) is 0 Å². The first-order chi connectivity index (χ1) is 28.4. The van der Waals surface area contributed by atoms with Crippen LogP contribution in [0.5, 0.6) is 0 Å². The third-order valence-electron chi connectivity index (χ3n) is 10.5. The number of para-hydroxylation sites is 1. The van der Waals surface area contributed by atoms with Crippen LogP contribution in [0.3, 0.4) is 0 Å². The number of H-pyrrole nitrogens is 2. The fraction of sp³-hybridized carbons (Fsp3) is 0.364. The van der Waals surface area contributed by atoms with Crippen LogP contribution in [0.25, 0.3) is 33.6 Å². The zero-order chi connectivity index (χ0) is 42.1. The van der Waals surface area contributed by atoms with Gasteiger partial charge in [0.1, 0.15) is 23.7 Å². The number of hydrogen-bond donors (Lipinski definition) is 5. The summed E-state index contributed by atoms with van der Waals surface area (Å²) < 4.78 is 9.54. The minimum absolute atomic E-state index is 0.112. The molecule has 1 aliphatic heterocycles. The zero-order valence-electron chi connectivity index (χ0n) is 34.3. The highest BCUT2D eigenvalue weighted by atomic mass is 16.5. The fourth-order valence-corrected chi connectivity index (χ4v) is 7.15. The molecule has 1 aliphatic rings. The van der Waals surface area contributed by atoms with Crippen LogP contribution >= 0.6 is 0 Å². The molecule has 310 valence electrons. The van der Waals surface area contributed by atoms with E-state index < -0.39 is 24.3 Å². The summed E-state index contributed by atoms with van der Waals surface area (Å²) in [6.07, 6.45) is 3.86. The van der Waals surface area contributed by atoms with Gasteiger partial charge in [-0.1, -0.05) is 94.4 Å². The predicted octanol–water partition coefficient (Wildman–Crippen LogP) is 6.96. The van der Waals surface area contributed by atoms with Crippen molar-refractivity contribution in [3.63, 3.8) is 0 Å². The molecule has 59 heavy (non-hydrogen) atoms. The molecule has 3 heterocycles. The lowest BCUT2D eigenvalue weighted by molar-refractivity contribution is -0.136. The van der Waals surface area contributed by atoms with Crippen LogP contribution in [0.2, 0.25) is 0 Å². The van der Waals surface area contributed by atoms with Gasteiger partial charge in [0.25, 0.3) is 0 Å². The Kier molecular flexibility index (Phi) is 13.7. The molecular weight excluding hydrogens is 751 g/mol. The van der Waals surface area contributed by atoms with Crippen molar-refractivity contribution >= 4 is 29.7 Å². The Morgan fingerprint density at radius 3 is 1.86 bits per heavy atom. The Labute approximate surface area is 344 Å². The lowest BCUT2D eigenvalue weighted by atomic mass is 10.0. The second-order valence-corrected chi connectivity index (χ2v) is 15.2. The largest absolute Gasteiger partial charge is 0.453 e. The number of imidazole rings is 2. The van der Waals surface area contributed by atoms with Gasteiger partial charge in [-0.25, -0.2) is 19.6 Å². The summed E-state index contributed by atoms with van der Waals surface area (Å²) in [5.41, 5.74) is 6.47. The number of hydrogen-bond acceptors (Lipinski definition) is 9. The van der Waals surface area contributed by atoms with E-state index in [1.165, 1.54) is 14.2 Å². The highest BCUT2D eigenvalue weighted by Crippen LogP contribution is 2.33. The first-order valence-electron chi connectivity index (χ1n) is 19.8. The van der Waals surface area contributed by atoms with E-state index in [-0.39, 0.29) is 42.9 Å². The quantitative estimate of drug-likeness (QED) is 0.0698. The summed E-state index contributed by atoms with van der Waals surface area (Å²) in [7, 11) is 2.56. The Morgan fingerprint density at radius 1 is 0.746 bits per heavy atom. The summed E-state index contributed by atoms with van der Waals surface area (Å²) in [5, 5.41) is 8.67. The van der Waals surface area contributed by atoms with Gasteiger partial charge in [0.15, 0.2) is 0 Å². The molecule has 4 amide bonds. The highest BCUT2D eigenvalue weighted by Gasteiger charge is 2.37. The summed E-state index contributed by atoms with van der Waals surface area (Å²) in [6, 6.07) is 24.2. The number of aromatic nitrogens is 4. The second-order valence-electron chi connectivity index (χ2n) is 15.2. The van der Waals surface area contributed by atoms with Crippen molar-refractivity contribution in [3.05, 3.63) is 103 Å². The number of anilines is 1. The topological polar surface area (TPSA) is 187 Å². The van der Waals surface area contributed by atoms with Gasteiger partial charge in [-0.15, -0.1) is 0 Å². The standard InChI is InChI=1S/C44H53N9O6/c1-27(2)38(50-43(56)58-5)41(54)52(26-47-33-11-8-7-9-12-33)25-37-45-23-34(48-37)31-18-14-29(15-19-31)30-16-20-32(21-17-30)35-24-46-40(49-35)36-13-10-22-53(36)42(55)39(28(3)4)51-44(57)59-6/h7-9,11-12,14-21,23-24,27-28,36,38-39,47H,10,13,22,25-26H2,1-6H3,(H,45,48)(H,46,49)(H,50,56)(H,51,57)/t36-,38-,39-/m0/s1. The number of ether oxygens (including phenoxy) is 2. The van der Waals surface area contributed by atoms with Crippen LogP contribution in [-0.2, 0) is 25.6 Å². The molecule has 1 saturated heterocycles. The van der Waals surface area contributed by atoms with E-state index in [0.717, 1.165) is 52.2 Å². The fourth-order valence-electron chi connectivity index (χ4n) is 7.15. The average Bonchev–Trinajstić information content (AvgIpc) is 4.05. The van der Waals surface area contributed by atoms with Crippen molar-refractivity contribution in [3.8, 4) is 33.6 Å². The summed E-state index contributed by atoms with van der Waals surface area (Å²) in [5.74, 6) is 0.592. The first-order valence-corrected chi connectivity index (χ1v) is 19.8. The van der Waals surface area contributed by atoms with E-state index in [1.807, 2.05) is 82.3 Å². The van der Waals surface area contributed by atoms with Gasteiger partial charge in [0, 0.05) is 12.2 Å². The number of aromatic amines is 2. The van der Waals surface area contributed by atoms with Gasteiger partial charge in [0.05, 0.1) is 57.3 Å². The van der Waals surface area contributed by atoms with Crippen molar-refractivity contribution in [2.75, 3.05) is 32.7 Å². The van der Waals surface area contributed by atoms with Crippen molar-refractivity contribution in [1.82, 2.24) is 40.4 Å². The summed E-state index contributed by atoms with van der Waals surface area (Å²) >= 11 is 0. The molecule has 0 spiro atoms. The van der Waals surface area contributed by atoms with Gasteiger partial charge in [-0.05, 0) is 59.1 Å². The molecule has 5 aromatic rings. The van der Waals surface area contributed by atoms with Gasteiger partial charge in [-0.2, -0.15) is 0 Å². The molecule has 0 aliphatic carbocycles. The third-order valence-corrected chi connectivity index (χ3v) is 10.5. The van der Waals surface area contributed by atoms with E-state index in [9.17, 15) is 19.2 Å². The number of nitrogens with zero attached hydrogens (tertiary/aromatic N) is 4. The van der Waals surface area contributed by atoms with Crippen LogP contribution in [-0.4, -0.2) is 93.3 Å². The van der Waals surface area contributed by atoms with E-state index in [4.69, 9.17) is 9.47 Å². The third kappa shape index (κ3) is 10.3. The monoisotopic (exact) mass is 803 g/mol. The number of alkyl carbamates (subject to hydrolysis) is 2. The molecule has 6 rings (SSSR count). The van der Waals surface area contributed by atoms with E-state index in [0.29, 0.717) is 18.2 Å². The molecule has 3 aromatic carbocycles. The zero-order valence-corrected chi connectivity index (χ0v) is 34.3. The van der Waals surface area contributed by atoms with E-state index >= 15 is 0 Å². The SMILES string of the molecule is COC(=O)N[C@H](C(=O)N(CNc1ccccc1)Cc1ncc(-c2ccc(-c3ccc(-c4cnc([C@@H]5CCCN5C(=O)[C@@H](NC(=O)OC)C(C)C)[nH]4)cc3)cc2)[nH]1)C(C)C. The lowest BCUT2D eigenvalue weighted by Gasteiger charge is -2.30. The minimum atomic E-state index is -0.796. The van der Waals surface area contributed by atoms with Gasteiger partial charge < -0.3 is 45.2 Å². The van der Waals surface area contributed by atoms with Crippen LogP contribution < -0.4 is 16.0 Å². The van der Waals surface area contributed by atoms with Crippen LogP contribution in [0, 0.1) is 11.8 Å². The normalized spacial score (nSPS) is 14.8. The molecular formula is C44H53N9O6. The molecule has 3 atom stereocenters. The summed E-state index contributed by atoms with van der Waals surface area (Å²) in [4.78, 5) is 70.9. The van der Waals surface area contributed by atoms with Crippen molar-refractivity contribution in [2.45, 2.75) is 65.2 Å². The van der Waals surface area contributed by atoms with Crippen molar-refractivity contribution in [2.24, 2.45) is 11.8 Å². The van der Waals surface area contributed by atoms with Crippen LogP contribution in [0.15, 0.2) is 91.3 Å². The Morgan fingerprint density at radius 2 is 1.29 bits per heavy atom.